The number of ether oxygens (including phenoxy) is 1. The Hall–Kier alpha value is 0.310. The van der Waals surface area contributed by atoms with Gasteiger partial charge in [-0.2, -0.15) is 0 Å². The van der Waals surface area contributed by atoms with E-state index in [1.807, 2.05) is 0 Å². The average molecular weight is 91.2 g/mol. The predicted octanol–water partition coefficient (Wildman–Crippen LogP) is 0.830. The molecule has 0 saturated carbocycles. The fourth-order valence-corrected chi connectivity index (χ4v) is 0.250. The quantitative estimate of drug-likeness (QED) is 0.489. The van der Waals surface area contributed by atoms with E-state index in [0.29, 0.717) is 12.4 Å². The van der Waals surface area contributed by atoms with Crippen LogP contribution in [0, 0.1) is 0 Å². The van der Waals surface area contributed by atoms with Crippen molar-refractivity contribution in [2.24, 2.45) is 0 Å². The van der Waals surface area contributed by atoms with Crippen LogP contribution in [0.2, 0.25) is 0 Å². The molecule has 2 heteroatoms. The summed E-state index contributed by atoms with van der Waals surface area (Å²) in [5.41, 5.74) is 0. The van der Waals surface area contributed by atoms with E-state index in [2.05, 4.69) is 17.4 Å². The zero-order valence-electron chi connectivity index (χ0n) is 3.23. The Labute approximate surface area is 37.7 Å². The van der Waals surface area contributed by atoms with Crippen LogP contribution in [-0.2, 0) is 4.74 Å². The third kappa shape index (κ3) is 4.31. The van der Waals surface area contributed by atoms with E-state index in [-0.39, 0.29) is 0 Å². The van der Waals surface area contributed by atoms with Crippen LogP contribution in [0.3, 0.4) is 0 Å². The third-order valence-electron chi connectivity index (χ3n) is 0.287. The maximum Gasteiger partial charge on any atom is 0.0561 e. The summed E-state index contributed by atoms with van der Waals surface area (Å²) in [6.07, 6.45) is 0. The van der Waals surface area contributed by atoms with Gasteiger partial charge in [0.1, 0.15) is 0 Å². The van der Waals surface area contributed by atoms with E-state index < -0.39 is 0 Å². The van der Waals surface area contributed by atoms with Crippen molar-refractivity contribution in [2.45, 2.75) is 0 Å². The summed E-state index contributed by atoms with van der Waals surface area (Å²) in [4.78, 5) is 0. The largest absolute Gasteiger partial charge is 0.384 e. The smallest absolute Gasteiger partial charge is 0.0561 e. The van der Waals surface area contributed by atoms with Gasteiger partial charge < -0.3 is 4.74 Å². The molecule has 0 aromatic carbocycles. The van der Waals surface area contributed by atoms with Crippen molar-refractivity contribution >= 4 is 12.6 Å². The lowest BCUT2D eigenvalue weighted by Crippen LogP contribution is -1.85. The van der Waals surface area contributed by atoms with Gasteiger partial charge in [0, 0.05) is 12.9 Å². The monoisotopic (exact) mass is 91.0 g/mol. The van der Waals surface area contributed by atoms with Gasteiger partial charge >= 0.3 is 0 Å². The van der Waals surface area contributed by atoms with Crippen LogP contribution in [0.1, 0.15) is 0 Å². The van der Waals surface area contributed by atoms with Crippen molar-refractivity contribution < 1.29 is 4.74 Å². The first-order valence-corrected chi connectivity index (χ1v) is 2.06. The molecule has 0 saturated heterocycles. The molecule has 0 rings (SSSR count). The molecule has 0 amide bonds. The van der Waals surface area contributed by atoms with Crippen molar-refractivity contribution in [1.29, 1.82) is 0 Å². The molecule has 0 bridgehead atoms. The highest BCUT2D eigenvalue weighted by Crippen LogP contribution is 1.69. The Kier molecular flexibility index (Phi) is 4.58. The van der Waals surface area contributed by atoms with Crippen LogP contribution in [0.15, 0.2) is 0 Å². The summed E-state index contributed by atoms with van der Waals surface area (Å²) in [5.74, 6) is 0.705. The molecule has 0 aromatic heterocycles. The van der Waals surface area contributed by atoms with E-state index in [0.717, 1.165) is 0 Å². The highest BCUT2D eigenvalue weighted by atomic mass is 32.1. The van der Waals surface area contributed by atoms with Crippen LogP contribution in [0.4, 0.5) is 0 Å². The molecule has 0 aliphatic rings. The first-order chi connectivity index (χ1) is 2.41. The second-order valence-electron chi connectivity index (χ2n) is 0.697. The number of hydrogen-bond acceptors (Lipinski definition) is 1. The molecule has 0 heterocycles. The Bertz CT molecular complexity index is 14.4. The van der Waals surface area contributed by atoms with Crippen molar-refractivity contribution in [3.63, 3.8) is 0 Å². The minimum absolute atomic E-state index is 0.704. The predicted molar refractivity (Wildman–Crippen MR) is 24.3 cm³/mol. The fourth-order valence-electron chi connectivity index (χ4n) is 0.0833. The van der Waals surface area contributed by atoms with E-state index in [9.17, 15) is 0 Å². The first-order valence-electron chi connectivity index (χ1n) is 1.49. The highest BCUT2D eigenvalue weighted by molar-refractivity contribution is 7.80. The molecule has 0 unspecified atom stereocenters. The summed E-state index contributed by atoms with van der Waals surface area (Å²) >= 11 is 4.53. The van der Waals surface area contributed by atoms with Gasteiger partial charge in [-0.1, -0.05) is 12.6 Å². The molecule has 0 atom stereocenters. The van der Waals surface area contributed by atoms with E-state index >= 15 is 0 Å². The molecule has 1 nitrogen and oxygen atoms in total. The molecule has 0 fully saturated rings. The van der Waals surface area contributed by atoms with Gasteiger partial charge in [0.2, 0.25) is 0 Å². The summed E-state index contributed by atoms with van der Waals surface area (Å²) in [6.45, 7) is 0.704. The molecule has 5 heavy (non-hydrogen) atoms. The molecule has 0 spiro atoms. The lowest BCUT2D eigenvalue weighted by atomic mass is 10.9. The number of hydrogen-bond donors (Lipinski definition) is 0. The van der Waals surface area contributed by atoms with Crippen molar-refractivity contribution in [3.8, 4) is 0 Å². The van der Waals surface area contributed by atoms with Gasteiger partial charge in [-0.3, -0.25) is 0 Å². The van der Waals surface area contributed by atoms with Crippen LogP contribution in [0.5, 0.6) is 0 Å². The SMILES string of the molecule is COCC[S]. The molecule has 0 aliphatic carbocycles. The van der Waals surface area contributed by atoms with Crippen molar-refractivity contribution in [3.05, 3.63) is 0 Å². The Morgan fingerprint density at radius 1 is 1.80 bits per heavy atom. The summed E-state index contributed by atoms with van der Waals surface area (Å²) < 4.78 is 4.59. The van der Waals surface area contributed by atoms with E-state index in [4.69, 9.17) is 0 Å². The molecular weight excluding hydrogens is 84.1 g/mol. The van der Waals surface area contributed by atoms with Gasteiger partial charge in [0.15, 0.2) is 0 Å². The zero-order chi connectivity index (χ0) is 4.12. The normalized spacial score (nSPS) is 8.40. The van der Waals surface area contributed by atoms with Gasteiger partial charge in [-0.25, -0.2) is 0 Å². The molecule has 0 aromatic rings. The standard InChI is InChI=1S/C3H7OS/c1-4-2-3-5/h2-3H2,1H3. The van der Waals surface area contributed by atoms with Crippen LogP contribution in [-0.4, -0.2) is 19.5 Å². The lowest BCUT2D eigenvalue weighted by Gasteiger charge is -1.83. The highest BCUT2D eigenvalue weighted by Gasteiger charge is 1.68. The molecule has 0 aliphatic heterocycles. The number of rotatable bonds is 2. The molecule has 0 N–H and O–H groups in total. The number of methoxy groups -OCH3 is 1. The molecular formula is C3H7OS. The Balaban J connectivity index is 2.19. The molecule has 1 radical (unpaired) electrons. The second-order valence-corrected chi connectivity index (χ2v) is 1.11. The maximum atomic E-state index is 4.59. The lowest BCUT2D eigenvalue weighted by molar-refractivity contribution is 0.219. The summed E-state index contributed by atoms with van der Waals surface area (Å²) in [5, 5.41) is 0. The van der Waals surface area contributed by atoms with E-state index in [1.165, 1.54) is 0 Å². The van der Waals surface area contributed by atoms with Crippen LogP contribution in [0.25, 0.3) is 0 Å². The summed E-state index contributed by atoms with van der Waals surface area (Å²) in [7, 11) is 1.65. The topological polar surface area (TPSA) is 9.23 Å². The summed E-state index contributed by atoms with van der Waals surface area (Å²) in [6, 6.07) is 0. The maximum absolute atomic E-state index is 4.59. The molecule has 31 valence electrons. The van der Waals surface area contributed by atoms with Crippen molar-refractivity contribution in [1.82, 2.24) is 0 Å². The van der Waals surface area contributed by atoms with Gasteiger partial charge in [0.25, 0.3) is 0 Å². The van der Waals surface area contributed by atoms with Gasteiger partial charge in [0.05, 0.1) is 6.61 Å². The van der Waals surface area contributed by atoms with Gasteiger partial charge in [-0.05, 0) is 0 Å². The minimum Gasteiger partial charge on any atom is -0.384 e. The fraction of sp³-hybridized carbons (Fsp3) is 1.00. The Morgan fingerprint density at radius 2 is 2.40 bits per heavy atom. The first kappa shape index (κ1) is 5.31. The zero-order valence-corrected chi connectivity index (χ0v) is 4.05. The van der Waals surface area contributed by atoms with Crippen LogP contribution >= 0.6 is 12.6 Å². The third-order valence-corrected chi connectivity index (χ3v) is 0.454. The van der Waals surface area contributed by atoms with Gasteiger partial charge in [-0.15, -0.1) is 0 Å². The Morgan fingerprint density at radius 3 is 2.40 bits per heavy atom. The van der Waals surface area contributed by atoms with Crippen LogP contribution < -0.4 is 0 Å². The minimum atomic E-state index is 0.704. The van der Waals surface area contributed by atoms with E-state index in [1.54, 1.807) is 7.11 Å². The second kappa shape index (κ2) is 4.31. The average Bonchev–Trinajstić information content (AvgIpc) is 1.41. The van der Waals surface area contributed by atoms with Crippen molar-refractivity contribution in [2.75, 3.05) is 19.5 Å².